The second kappa shape index (κ2) is 7.51. The van der Waals surface area contributed by atoms with E-state index >= 15 is 0 Å². The summed E-state index contributed by atoms with van der Waals surface area (Å²) in [6.07, 6.45) is 0.228. The molecule has 3 rings (SSSR count). The maximum absolute atomic E-state index is 14.4. The first-order valence-electron chi connectivity index (χ1n) is 7.69. The Morgan fingerprint density at radius 3 is 2.88 bits per heavy atom. The van der Waals surface area contributed by atoms with Crippen LogP contribution < -0.4 is 10.1 Å². The lowest BCUT2D eigenvalue weighted by atomic mass is 9.91. The number of fused-ring (bicyclic) bond motifs is 1. The van der Waals surface area contributed by atoms with Gasteiger partial charge in [-0.25, -0.2) is 13.8 Å². The number of aliphatic hydroxyl groups is 1. The lowest BCUT2D eigenvalue weighted by Crippen LogP contribution is -2.15. The van der Waals surface area contributed by atoms with E-state index in [2.05, 4.69) is 10.3 Å². The summed E-state index contributed by atoms with van der Waals surface area (Å²) in [5.41, 5.74) is 0.524. The molecule has 2 unspecified atom stereocenters. The van der Waals surface area contributed by atoms with Crippen molar-refractivity contribution in [1.29, 1.82) is 0 Å². The van der Waals surface area contributed by atoms with E-state index in [9.17, 15) is 13.9 Å². The zero-order valence-corrected chi connectivity index (χ0v) is 14.2. The number of pyridine rings is 1. The molecule has 1 aliphatic rings. The summed E-state index contributed by atoms with van der Waals surface area (Å²) in [4.78, 5) is 4.13. The monoisotopic (exact) mass is 370 g/mol. The molecule has 2 atom stereocenters. The van der Waals surface area contributed by atoms with Crippen molar-refractivity contribution < 1.29 is 23.4 Å². The minimum Gasteiger partial charge on any atom is -0.488 e. The third-order valence-corrected chi connectivity index (χ3v) is 4.28. The number of hydrogen-bond acceptors (Lipinski definition) is 5. The Labute approximate surface area is 148 Å². The van der Waals surface area contributed by atoms with Crippen molar-refractivity contribution in [2.45, 2.75) is 12.0 Å². The Morgan fingerprint density at radius 1 is 1.32 bits per heavy atom. The van der Waals surface area contributed by atoms with Gasteiger partial charge in [0.15, 0.2) is 11.6 Å². The predicted molar refractivity (Wildman–Crippen MR) is 89.2 cm³/mol. The number of halogens is 3. The summed E-state index contributed by atoms with van der Waals surface area (Å²) in [6.45, 7) is 0.694. The van der Waals surface area contributed by atoms with Crippen molar-refractivity contribution in [3.63, 3.8) is 0 Å². The molecule has 0 saturated heterocycles. The Balaban J connectivity index is 1.85. The fourth-order valence-electron chi connectivity index (χ4n) is 2.82. The average molecular weight is 371 g/mol. The highest BCUT2D eigenvalue weighted by Gasteiger charge is 2.32. The molecule has 2 heterocycles. The molecule has 0 radical (unpaired) electrons. The van der Waals surface area contributed by atoms with Crippen molar-refractivity contribution in [2.75, 3.05) is 32.2 Å². The van der Waals surface area contributed by atoms with Gasteiger partial charge in [0.2, 0.25) is 0 Å². The van der Waals surface area contributed by atoms with Gasteiger partial charge in [-0.05, 0) is 12.1 Å². The number of nitrogens with one attached hydrogen (secondary N) is 1. The Morgan fingerprint density at radius 2 is 2.12 bits per heavy atom. The van der Waals surface area contributed by atoms with Crippen molar-refractivity contribution in [3.8, 4) is 5.75 Å². The number of ether oxygens (including phenoxy) is 2. The zero-order valence-electron chi connectivity index (χ0n) is 13.4. The van der Waals surface area contributed by atoms with E-state index in [4.69, 9.17) is 21.1 Å². The normalized spacial score (nSPS) is 17.1. The molecule has 25 heavy (non-hydrogen) atoms. The topological polar surface area (TPSA) is 63.6 Å². The van der Waals surface area contributed by atoms with Gasteiger partial charge in [0, 0.05) is 43.0 Å². The molecule has 0 fully saturated rings. The predicted octanol–water partition coefficient (Wildman–Crippen LogP) is 3.28. The standard InChI is InChI=1S/C17H17ClF2N2O3/c1-24-2-3-25-15-6-13(19)11(5-14(15)20)16(23)12-8-22-17-10(12)4-9(18)7-21-17/h4-7,12,16,23H,2-3,8H2,1H3,(H,21,22). The van der Waals surface area contributed by atoms with Gasteiger partial charge >= 0.3 is 0 Å². The van der Waals surface area contributed by atoms with Gasteiger partial charge in [0.1, 0.15) is 18.2 Å². The van der Waals surface area contributed by atoms with Crippen molar-refractivity contribution >= 4 is 17.4 Å². The molecule has 5 nitrogen and oxygen atoms in total. The average Bonchev–Trinajstić information content (AvgIpc) is 3.00. The maximum Gasteiger partial charge on any atom is 0.165 e. The van der Waals surface area contributed by atoms with Gasteiger partial charge < -0.3 is 19.9 Å². The van der Waals surface area contributed by atoms with Crippen LogP contribution in [0.15, 0.2) is 24.4 Å². The second-order valence-electron chi connectivity index (χ2n) is 5.67. The van der Waals surface area contributed by atoms with E-state index in [0.717, 1.165) is 12.1 Å². The first-order chi connectivity index (χ1) is 12.0. The summed E-state index contributed by atoms with van der Waals surface area (Å²) >= 11 is 5.94. The molecule has 0 spiro atoms. The molecule has 0 saturated carbocycles. The molecule has 0 amide bonds. The molecule has 0 bridgehead atoms. The number of benzene rings is 1. The highest BCUT2D eigenvalue weighted by atomic mass is 35.5. The molecular formula is C17H17ClF2N2O3. The summed E-state index contributed by atoms with van der Waals surface area (Å²) in [5, 5.41) is 14.0. The van der Waals surface area contributed by atoms with Crippen molar-refractivity contribution in [2.24, 2.45) is 0 Å². The molecule has 1 aromatic carbocycles. The van der Waals surface area contributed by atoms with Crippen LogP contribution >= 0.6 is 11.6 Å². The zero-order chi connectivity index (χ0) is 18.0. The summed E-state index contributed by atoms with van der Waals surface area (Å²) < 4.78 is 38.5. The SMILES string of the molecule is COCCOc1cc(F)c(C(O)C2CNc3ncc(Cl)cc32)cc1F. The van der Waals surface area contributed by atoms with Gasteiger partial charge in [-0.3, -0.25) is 0 Å². The van der Waals surface area contributed by atoms with Crippen LogP contribution in [-0.2, 0) is 4.74 Å². The Bertz CT molecular complexity index is 776. The molecular weight excluding hydrogens is 354 g/mol. The van der Waals surface area contributed by atoms with Gasteiger partial charge in [0.05, 0.1) is 17.7 Å². The van der Waals surface area contributed by atoms with Crippen LogP contribution in [0, 0.1) is 11.6 Å². The molecule has 1 aliphatic heterocycles. The highest BCUT2D eigenvalue weighted by Crippen LogP contribution is 2.41. The maximum atomic E-state index is 14.4. The molecule has 8 heteroatoms. The van der Waals surface area contributed by atoms with E-state index in [1.165, 1.54) is 13.3 Å². The van der Waals surface area contributed by atoms with Crippen LogP contribution in [0.4, 0.5) is 14.6 Å². The largest absolute Gasteiger partial charge is 0.488 e. The van der Waals surface area contributed by atoms with Crippen molar-refractivity contribution in [1.82, 2.24) is 4.98 Å². The third kappa shape index (κ3) is 3.68. The Kier molecular flexibility index (Phi) is 5.36. The van der Waals surface area contributed by atoms with Crippen LogP contribution in [0.5, 0.6) is 5.75 Å². The second-order valence-corrected chi connectivity index (χ2v) is 6.11. The molecule has 0 aliphatic carbocycles. The van der Waals surface area contributed by atoms with Crippen LogP contribution in [-0.4, -0.2) is 37.0 Å². The molecule has 134 valence electrons. The summed E-state index contributed by atoms with van der Waals surface area (Å²) in [7, 11) is 1.48. The Hall–Kier alpha value is -1.96. The van der Waals surface area contributed by atoms with Crippen LogP contribution in [0.1, 0.15) is 23.1 Å². The highest BCUT2D eigenvalue weighted by molar-refractivity contribution is 6.30. The third-order valence-electron chi connectivity index (χ3n) is 4.07. The van der Waals surface area contributed by atoms with Crippen LogP contribution in [0.25, 0.3) is 0 Å². The summed E-state index contributed by atoms with van der Waals surface area (Å²) in [5.74, 6) is -1.63. The summed E-state index contributed by atoms with van der Waals surface area (Å²) in [6, 6.07) is 3.55. The van der Waals surface area contributed by atoms with E-state index < -0.39 is 23.7 Å². The number of anilines is 1. The van der Waals surface area contributed by atoms with Crippen LogP contribution in [0.2, 0.25) is 5.02 Å². The van der Waals surface area contributed by atoms with Gasteiger partial charge in [0.25, 0.3) is 0 Å². The van der Waals surface area contributed by atoms with Gasteiger partial charge in [-0.15, -0.1) is 0 Å². The van der Waals surface area contributed by atoms with Crippen molar-refractivity contribution in [3.05, 3.63) is 52.2 Å². The number of rotatable bonds is 6. The first kappa shape index (κ1) is 17.8. The molecule has 2 aromatic rings. The van der Waals surface area contributed by atoms with E-state index in [1.807, 2.05) is 0 Å². The van der Waals surface area contributed by atoms with Gasteiger partial charge in [-0.1, -0.05) is 11.6 Å². The number of hydrogen-bond donors (Lipinski definition) is 2. The van der Waals surface area contributed by atoms with Crippen LogP contribution in [0.3, 0.4) is 0 Å². The fourth-order valence-corrected chi connectivity index (χ4v) is 2.98. The quantitative estimate of drug-likeness (QED) is 0.764. The number of aromatic nitrogens is 1. The molecule has 1 aromatic heterocycles. The number of nitrogens with zero attached hydrogens (tertiary/aromatic N) is 1. The van der Waals surface area contributed by atoms with E-state index in [0.29, 0.717) is 22.9 Å². The van der Waals surface area contributed by atoms with E-state index in [-0.39, 0.29) is 24.5 Å². The lowest BCUT2D eigenvalue weighted by Gasteiger charge is -2.20. The number of methoxy groups -OCH3 is 1. The minimum atomic E-state index is -1.25. The minimum absolute atomic E-state index is 0.0961. The fraction of sp³-hybridized carbons (Fsp3) is 0.353. The van der Waals surface area contributed by atoms with E-state index in [1.54, 1.807) is 6.07 Å². The smallest absolute Gasteiger partial charge is 0.165 e. The lowest BCUT2D eigenvalue weighted by molar-refractivity contribution is 0.140. The van der Waals surface area contributed by atoms with Gasteiger partial charge in [-0.2, -0.15) is 0 Å². The molecule has 2 N–H and O–H groups in total. The number of aliphatic hydroxyl groups excluding tert-OH is 1. The first-order valence-corrected chi connectivity index (χ1v) is 8.07.